The van der Waals surface area contributed by atoms with Gasteiger partial charge in [-0.3, -0.25) is 9.88 Å². The maximum atomic E-state index is 5.31. The van der Waals surface area contributed by atoms with E-state index in [1.807, 2.05) is 24.5 Å². The Morgan fingerprint density at radius 1 is 1.17 bits per heavy atom. The molecule has 0 amide bonds. The molecular weight excluding hydrogens is 273 g/mol. The zero-order chi connectivity index (χ0) is 11.1. The normalized spacial score (nSPS) is 15.3. The molecule has 0 radical (unpaired) electrons. The van der Waals surface area contributed by atoms with Crippen molar-refractivity contribution in [3.63, 3.8) is 0 Å². The first-order valence-corrected chi connectivity index (χ1v) is 5.89. The van der Waals surface area contributed by atoms with Crippen LogP contribution in [0.25, 0.3) is 0 Å². The molecule has 1 aromatic heterocycles. The van der Waals surface area contributed by atoms with Gasteiger partial charge in [0, 0.05) is 37.7 Å². The number of morpholine rings is 1. The maximum Gasteiger partial charge on any atom is 0.0594 e. The fourth-order valence-electron chi connectivity index (χ4n) is 1.83. The second kappa shape index (κ2) is 10.4. The van der Waals surface area contributed by atoms with Gasteiger partial charge in [0.05, 0.1) is 13.2 Å². The van der Waals surface area contributed by atoms with E-state index in [2.05, 4.69) is 15.2 Å². The number of hydrogen-bond donors (Lipinski definition) is 1. The Balaban J connectivity index is 0.00000144. The lowest BCUT2D eigenvalue weighted by Gasteiger charge is -2.26. The SMILES string of the molecule is Cl.Cl.c1cc(NCCCN2CCOCC2)ccn1. The van der Waals surface area contributed by atoms with Crippen LogP contribution >= 0.6 is 24.8 Å². The van der Waals surface area contributed by atoms with Crippen LogP contribution in [0.3, 0.4) is 0 Å². The first-order chi connectivity index (χ1) is 7.95. The standard InChI is InChI=1S/C12H19N3O.2ClH/c1(7-15-8-10-16-11-9-15)4-14-12-2-5-13-6-3-12;;/h2-3,5-6H,1,4,7-11H2,(H,13,14);2*1H. The Bertz CT molecular complexity index is 295. The minimum absolute atomic E-state index is 0. The average Bonchev–Trinajstić information content (AvgIpc) is 2.37. The van der Waals surface area contributed by atoms with E-state index in [4.69, 9.17) is 4.74 Å². The van der Waals surface area contributed by atoms with Crippen LogP contribution in [-0.2, 0) is 4.74 Å². The second-order valence-electron chi connectivity index (χ2n) is 3.97. The third-order valence-electron chi connectivity index (χ3n) is 2.76. The van der Waals surface area contributed by atoms with Crippen LogP contribution in [0.5, 0.6) is 0 Å². The van der Waals surface area contributed by atoms with E-state index < -0.39 is 0 Å². The molecule has 0 aromatic carbocycles. The average molecular weight is 294 g/mol. The van der Waals surface area contributed by atoms with Gasteiger partial charge in [-0.1, -0.05) is 0 Å². The minimum Gasteiger partial charge on any atom is -0.385 e. The van der Waals surface area contributed by atoms with Gasteiger partial charge >= 0.3 is 0 Å². The molecule has 1 N–H and O–H groups in total. The summed E-state index contributed by atoms with van der Waals surface area (Å²) in [6, 6.07) is 3.99. The van der Waals surface area contributed by atoms with Crippen molar-refractivity contribution >= 4 is 30.5 Å². The Kier molecular flexibility index (Phi) is 10.1. The summed E-state index contributed by atoms with van der Waals surface area (Å²) in [5, 5.41) is 3.39. The van der Waals surface area contributed by atoms with Gasteiger partial charge in [-0.25, -0.2) is 0 Å². The van der Waals surface area contributed by atoms with Crippen molar-refractivity contribution in [1.29, 1.82) is 0 Å². The fourth-order valence-corrected chi connectivity index (χ4v) is 1.83. The molecule has 0 aliphatic carbocycles. The summed E-state index contributed by atoms with van der Waals surface area (Å²) in [5.74, 6) is 0. The van der Waals surface area contributed by atoms with E-state index in [-0.39, 0.29) is 24.8 Å². The summed E-state index contributed by atoms with van der Waals surface area (Å²) in [7, 11) is 0. The molecule has 0 spiro atoms. The Hall–Kier alpha value is -0.550. The van der Waals surface area contributed by atoms with E-state index in [1.165, 1.54) is 6.42 Å². The number of pyridine rings is 1. The van der Waals surface area contributed by atoms with Gasteiger partial charge in [-0.15, -0.1) is 24.8 Å². The molecule has 0 unspecified atom stereocenters. The first kappa shape index (κ1) is 17.4. The first-order valence-electron chi connectivity index (χ1n) is 5.89. The number of anilines is 1. The molecule has 6 heteroatoms. The predicted octanol–water partition coefficient (Wildman–Crippen LogP) is 2.06. The summed E-state index contributed by atoms with van der Waals surface area (Å²) in [6.07, 6.45) is 4.79. The van der Waals surface area contributed by atoms with E-state index >= 15 is 0 Å². The molecule has 1 aliphatic heterocycles. The van der Waals surface area contributed by atoms with Crippen molar-refractivity contribution < 1.29 is 4.74 Å². The van der Waals surface area contributed by atoms with Crippen molar-refractivity contribution in [3.8, 4) is 0 Å². The smallest absolute Gasteiger partial charge is 0.0594 e. The lowest BCUT2D eigenvalue weighted by molar-refractivity contribution is 0.0378. The lowest BCUT2D eigenvalue weighted by Crippen LogP contribution is -2.37. The molecular formula is C12H21Cl2N3O. The fraction of sp³-hybridized carbons (Fsp3) is 0.583. The highest BCUT2D eigenvalue weighted by Gasteiger charge is 2.08. The molecule has 2 heterocycles. The van der Waals surface area contributed by atoms with Gasteiger partial charge in [0.25, 0.3) is 0 Å². The number of ether oxygens (including phenoxy) is 1. The van der Waals surface area contributed by atoms with E-state index in [9.17, 15) is 0 Å². The number of nitrogens with zero attached hydrogens (tertiary/aromatic N) is 2. The third-order valence-corrected chi connectivity index (χ3v) is 2.76. The maximum absolute atomic E-state index is 5.31. The summed E-state index contributed by atoms with van der Waals surface area (Å²) in [6.45, 7) is 6.10. The highest BCUT2D eigenvalue weighted by Crippen LogP contribution is 2.03. The van der Waals surface area contributed by atoms with Crippen molar-refractivity contribution in [2.24, 2.45) is 0 Å². The molecule has 4 nitrogen and oxygen atoms in total. The number of rotatable bonds is 5. The topological polar surface area (TPSA) is 37.4 Å². The predicted molar refractivity (Wildman–Crippen MR) is 79.1 cm³/mol. The quantitative estimate of drug-likeness (QED) is 0.844. The summed E-state index contributed by atoms with van der Waals surface area (Å²) in [5.41, 5.74) is 1.15. The van der Waals surface area contributed by atoms with Crippen molar-refractivity contribution in [2.75, 3.05) is 44.7 Å². The zero-order valence-corrected chi connectivity index (χ0v) is 12.0. The van der Waals surface area contributed by atoms with Crippen molar-refractivity contribution in [1.82, 2.24) is 9.88 Å². The van der Waals surface area contributed by atoms with Crippen LogP contribution in [-0.4, -0.2) is 49.3 Å². The van der Waals surface area contributed by atoms with Crippen LogP contribution in [0, 0.1) is 0 Å². The molecule has 1 aromatic rings. The molecule has 2 rings (SSSR count). The van der Waals surface area contributed by atoms with E-state index in [1.54, 1.807) is 0 Å². The van der Waals surface area contributed by atoms with Crippen LogP contribution in [0.1, 0.15) is 6.42 Å². The van der Waals surface area contributed by atoms with Gasteiger partial charge in [-0.2, -0.15) is 0 Å². The number of halogens is 2. The van der Waals surface area contributed by atoms with Crippen LogP contribution < -0.4 is 5.32 Å². The molecule has 104 valence electrons. The summed E-state index contributed by atoms with van der Waals surface area (Å²) in [4.78, 5) is 6.44. The Morgan fingerprint density at radius 3 is 2.50 bits per heavy atom. The van der Waals surface area contributed by atoms with Crippen molar-refractivity contribution in [2.45, 2.75) is 6.42 Å². The van der Waals surface area contributed by atoms with Gasteiger partial charge in [0.1, 0.15) is 0 Å². The molecule has 0 bridgehead atoms. The van der Waals surface area contributed by atoms with E-state index in [0.29, 0.717) is 0 Å². The second-order valence-corrected chi connectivity index (χ2v) is 3.97. The molecule has 18 heavy (non-hydrogen) atoms. The summed E-state index contributed by atoms with van der Waals surface area (Å²) >= 11 is 0. The van der Waals surface area contributed by atoms with Crippen LogP contribution in [0.2, 0.25) is 0 Å². The molecule has 0 atom stereocenters. The third kappa shape index (κ3) is 6.40. The molecule has 0 saturated carbocycles. The van der Waals surface area contributed by atoms with Gasteiger partial charge < -0.3 is 10.1 Å². The highest BCUT2D eigenvalue weighted by molar-refractivity contribution is 5.85. The highest BCUT2D eigenvalue weighted by atomic mass is 35.5. The minimum atomic E-state index is 0. The van der Waals surface area contributed by atoms with Crippen LogP contribution in [0.15, 0.2) is 24.5 Å². The Labute approximate surface area is 121 Å². The van der Waals surface area contributed by atoms with Crippen LogP contribution in [0.4, 0.5) is 5.69 Å². The van der Waals surface area contributed by atoms with Gasteiger partial charge in [0.15, 0.2) is 0 Å². The largest absolute Gasteiger partial charge is 0.385 e. The summed E-state index contributed by atoms with van der Waals surface area (Å²) < 4.78 is 5.31. The zero-order valence-electron chi connectivity index (χ0n) is 10.4. The van der Waals surface area contributed by atoms with Crippen molar-refractivity contribution in [3.05, 3.63) is 24.5 Å². The molecule has 1 aliphatic rings. The number of nitrogens with one attached hydrogen (secondary N) is 1. The van der Waals surface area contributed by atoms with Gasteiger partial charge in [0.2, 0.25) is 0 Å². The van der Waals surface area contributed by atoms with Gasteiger partial charge in [-0.05, 0) is 25.1 Å². The monoisotopic (exact) mass is 293 g/mol. The van der Waals surface area contributed by atoms with E-state index in [0.717, 1.165) is 45.1 Å². The number of aromatic nitrogens is 1. The molecule has 1 fully saturated rings. The Morgan fingerprint density at radius 2 is 1.83 bits per heavy atom. The molecule has 1 saturated heterocycles. The number of hydrogen-bond acceptors (Lipinski definition) is 4. The lowest BCUT2D eigenvalue weighted by atomic mass is 10.3.